The first-order valence-electron chi connectivity index (χ1n) is 9.14. The fourth-order valence-electron chi connectivity index (χ4n) is 4.29. The molecule has 2 bridgehead atoms. The maximum atomic E-state index is 12.8. The lowest BCUT2D eigenvalue weighted by Gasteiger charge is -2.41. The topological polar surface area (TPSA) is 26.3 Å². The zero-order chi connectivity index (χ0) is 17.6. The number of hydrogen-bond donors (Lipinski definition) is 0. The summed E-state index contributed by atoms with van der Waals surface area (Å²) in [6.07, 6.45) is 5.58. The van der Waals surface area contributed by atoms with Crippen molar-refractivity contribution in [2.45, 2.75) is 27.2 Å². The van der Waals surface area contributed by atoms with Crippen LogP contribution in [0.5, 0.6) is 5.75 Å². The molecule has 2 nitrogen and oxygen atoms in total. The molecule has 25 heavy (non-hydrogen) atoms. The molecular formula is C23H24O2. The molecule has 0 aliphatic heterocycles. The Labute approximate surface area is 149 Å². The average Bonchev–Trinajstić information content (AvgIpc) is 2.61. The van der Waals surface area contributed by atoms with E-state index in [1.54, 1.807) is 0 Å². The van der Waals surface area contributed by atoms with Crippen molar-refractivity contribution in [2.24, 2.45) is 23.7 Å². The normalized spacial score (nSPS) is 25.0. The molecule has 2 aromatic rings. The van der Waals surface area contributed by atoms with Gasteiger partial charge in [0.05, 0.1) is 0 Å². The third kappa shape index (κ3) is 2.90. The van der Waals surface area contributed by atoms with Crippen LogP contribution in [0.1, 0.15) is 27.2 Å². The molecule has 0 heterocycles. The highest BCUT2D eigenvalue weighted by molar-refractivity contribution is 5.93. The SMILES string of the molecule is CC1=CC2C(C(=O)Oc3ccc4ccccc4c3)=CC1CC2C(C)C. The highest BCUT2D eigenvalue weighted by Gasteiger charge is 2.40. The predicted molar refractivity (Wildman–Crippen MR) is 101 cm³/mol. The van der Waals surface area contributed by atoms with Crippen LogP contribution in [0.15, 0.2) is 65.8 Å². The Bertz CT molecular complexity index is 888. The molecule has 0 radical (unpaired) electrons. The molecule has 2 heteroatoms. The second kappa shape index (κ2) is 6.18. The summed E-state index contributed by atoms with van der Waals surface area (Å²) >= 11 is 0. The highest BCUT2D eigenvalue weighted by Crippen LogP contribution is 2.46. The van der Waals surface area contributed by atoms with Gasteiger partial charge >= 0.3 is 5.97 Å². The van der Waals surface area contributed by atoms with E-state index in [0.717, 1.165) is 22.8 Å². The maximum Gasteiger partial charge on any atom is 0.339 e. The molecule has 0 amide bonds. The molecule has 3 unspecified atom stereocenters. The summed E-state index contributed by atoms with van der Waals surface area (Å²) < 4.78 is 5.74. The van der Waals surface area contributed by atoms with Gasteiger partial charge in [-0.3, -0.25) is 0 Å². The number of rotatable bonds is 3. The van der Waals surface area contributed by atoms with Crippen molar-refractivity contribution in [3.63, 3.8) is 0 Å². The average molecular weight is 332 g/mol. The van der Waals surface area contributed by atoms with Crippen LogP contribution < -0.4 is 4.74 Å². The van der Waals surface area contributed by atoms with Crippen molar-refractivity contribution in [3.8, 4) is 5.75 Å². The molecule has 3 aliphatic rings. The van der Waals surface area contributed by atoms with E-state index in [0.29, 0.717) is 23.5 Å². The molecule has 2 aromatic carbocycles. The van der Waals surface area contributed by atoms with Crippen LogP contribution in [0.4, 0.5) is 0 Å². The summed E-state index contributed by atoms with van der Waals surface area (Å²) in [6.45, 7) is 6.68. The van der Waals surface area contributed by atoms with E-state index in [-0.39, 0.29) is 11.9 Å². The summed E-state index contributed by atoms with van der Waals surface area (Å²) in [7, 11) is 0. The number of hydrogen-bond acceptors (Lipinski definition) is 2. The lowest BCUT2D eigenvalue weighted by atomic mass is 9.63. The van der Waals surface area contributed by atoms with Gasteiger partial charge in [-0.05, 0) is 54.0 Å². The molecule has 5 rings (SSSR count). The Morgan fingerprint density at radius 2 is 1.84 bits per heavy atom. The Morgan fingerprint density at radius 3 is 2.56 bits per heavy atom. The van der Waals surface area contributed by atoms with Crippen LogP contribution >= 0.6 is 0 Å². The summed E-state index contributed by atoms with van der Waals surface area (Å²) in [5.41, 5.74) is 2.23. The van der Waals surface area contributed by atoms with Crippen LogP contribution in [-0.4, -0.2) is 5.97 Å². The second-order valence-corrected chi connectivity index (χ2v) is 7.71. The Hall–Kier alpha value is -2.35. The highest BCUT2D eigenvalue weighted by atomic mass is 16.5. The Balaban J connectivity index is 1.59. The van der Waals surface area contributed by atoms with Gasteiger partial charge in [0.1, 0.15) is 5.75 Å². The molecule has 128 valence electrons. The number of carbonyl (C=O) groups is 1. The van der Waals surface area contributed by atoms with Gasteiger partial charge in [0.2, 0.25) is 0 Å². The third-order valence-corrected chi connectivity index (χ3v) is 5.78. The summed E-state index contributed by atoms with van der Waals surface area (Å²) in [5, 5.41) is 2.24. The molecule has 0 fully saturated rings. The number of ether oxygens (including phenoxy) is 1. The number of fused-ring (bicyclic) bond motifs is 2. The number of benzene rings is 2. The Kier molecular flexibility index (Phi) is 3.99. The number of allylic oxidation sites excluding steroid dienone is 3. The van der Waals surface area contributed by atoms with Crippen LogP contribution in [0, 0.1) is 23.7 Å². The minimum Gasteiger partial charge on any atom is -0.423 e. The van der Waals surface area contributed by atoms with E-state index >= 15 is 0 Å². The molecule has 0 saturated carbocycles. The summed E-state index contributed by atoms with van der Waals surface area (Å²) in [6, 6.07) is 13.9. The van der Waals surface area contributed by atoms with Gasteiger partial charge in [-0.2, -0.15) is 0 Å². The van der Waals surface area contributed by atoms with Gasteiger partial charge in [-0.15, -0.1) is 0 Å². The lowest BCUT2D eigenvalue weighted by Crippen LogP contribution is -2.36. The zero-order valence-electron chi connectivity index (χ0n) is 15.0. The van der Waals surface area contributed by atoms with Gasteiger partial charge < -0.3 is 4.74 Å². The van der Waals surface area contributed by atoms with Crippen molar-refractivity contribution < 1.29 is 9.53 Å². The first-order chi connectivity index (χ1) is 12.0. The molecule has 0 spiro atoms. The van der Waals surface area contributed by atoms with Crippen LogP contribution in [0.2, 0.25) is 0 Å². The van der Waals surface area contributed by atoms with E-state index in [1.807, 2.05) is 36.4 Å². The van der Waals surface area contributed by atoms with Crippen molar-refractivity contribution in [3.05, 3.63) is 65.8 Å². The van der Waals surface area contributed by atoms with Gasteiger partial charge in [-0.1, -0.05) is 61.9 Å². The maximum absolute atomic E-state index is 12.8. The fourth-order valence-corrected chi connectivity index (χ4v) is 4.29. The summed E-state index contributed by atoms with van der Waals surface area (Å²) in [5.74, 6) is 2.09. The van der Waals surface area contributed by atoms with Gasteiger partial charge in [0.25, 0.3) is 0 Å². The van der Waals surface area contributed by atoms with E-state index < -0.39 is 0 Å². The third-order valence-electron chi connectivity index (χ3n) is 5.78. The molecule has 3 aliphatic carbocycles. The van der Waals surface area contributed by atoms with E-state index in [2.05, 4.69) is 39.0 Å². The van der Waals surface area contributed by atoms with E-state index in [1.165, 1.54) is 5.57 Å². The largest absolute Gasteiger partial charge is 0.423 e. The predicted octanol–water partition coefficient (Wildman–Crippen LogP) is 5.54. The minimum absolute atomic E-state index is 0.193. The number of esters is 1. The fraction of sp³-hybridized carbons (Fsp3) is 0.348. The first-order valence-corrected chi connectivity index (χ1v) is 9.14. The molecule has 0 aromatic heterocycles. The van der Waals surface area contributed by atoms with Crippen molar-refractivity contribution >= 4 is 16.7 Å². The molecule has 0 saturated heterocycles. The zero-order valence-corrected chi connectivity index (χ0v) is 15.0. The van der Waals surface area contributed by atoms with Gasteiger partial charge in [-0.25, -0.2) is 4.79 Å². The smallest absolute Gasteiger partial charge is 0.339 e. The first kappa shape index (κ1) is 16.1. The molecule has 3 atom stereocenters. The monoisotopic (exact) mass is 332 g/mol. The number of carbonyl (C=O) groups excluding carboxylic acids is 1. The molecular weight excluding hydrogens is 308 g/mol. The lowest BCUT2D eigenvalue weighted by molar-refractivity contribution is -0.131. The van der Waals surface area contributed by atoms with E-state index in [4.69, 9.17) is 4.74 Å². The Morgan fingerprint density at radius 1 is 1.08 bits per heavy atom. The quantitative estimate of drug-likeness (QED) is 0.419. The minimum atomic E-state index is -0.195. The summed E-state index contributed by atoms with van der Waals surface area (Å²) in [4.78, 5) is 12.8. The van der Waals surface area contributed by atoms with E-state index in [9.17, 15) is 4.79 Å². The van der Waals surface area contributed by atoms with Crippen LogP contribution in [0.3, 0.4) is 0 Å². The van der Waals surface area contributed by atoms with Crippen LogP contribution in [0.25, 0.3) is 10.8 Å². The van der Waals surface area contributed by atoms with Crippen LogP contribution in [-0.2, 0) is 4.79 Å². The van der Waals surface area contributed by atoms with Gasteiger partial charge in [0.15, 0.2) is 0 Å². The van der Waals surface area contributed by atoms with Crippen molar-refractivity contribution in [2.75, 3.05) is 0 Å². The van der Waals surface area contributed by atoms with Gasteiger partial charge in [0, 0.05) is 11.5 Å². The standard InChI is InChI=1S/C23H24O2/c1-14(2)20-12-18-13-22(21(20)10-15(18)3)23(24)25-19-9-8-16-6-4-5-7-17(16)11-19/h4-11,13-14,18,20-21H,12H2,1-3H3. The second-order valence-electron chi connectivity index (χ2n) is 7.71. The van der Waals surface area contributed by atoms with Crippen molar-refractivity contribution in [1.82, 2.24) is 0 Å². The van der Waals surface area contributed by atoms with Crippen molar-refractivity contribution in [1.29, 1.82) is 0 Å². The molecule has 0 N–H and O–H groups in total.